The van der Waals surface area contributed by atoms with Crippen LogP contribution in [0, 0.1) is 0 Å². The van der Waals surface area contributed by atoms with Crippen molar-refractivity contribution in [2.24, 2.45) is 0 Å². The average molecular weight is 390 g/mol. The van der Waals surface area contributed by atoms with E-state index in [9.17, 15) is 4.79 Å². The van der Waals surface area contributed by atoms with E-state index in [1.165, 1.54) is 16.7 Å². The molecule has 0 radical (unpaired) electrons. The summed E-state index contributed by atoms with van der Waals surface area (Å²) in [5.41, 5.74) is 3.31. The molecule has 1 amide bonds. The van der Waals surface area contributed by atoms with Crippen LogP contribution in [0.25, 0.3) is 0 Å². The molecule has 0 heterocycles. The standard InChI is InChI=1S/C20H24BrNO2/c1-20(2,3)24-19(23)22-13-12-15-4-6-16(7-5-15)14-17-8-10-18(21)11-9-17/h4-11H,12-14H2,1-3H3,(H,22,23). The van der Waals surface area contributed by atoms with Crippen LogP contribution >= 0.6 is 15.9 Å². The molecule has 0 fully saturated rings. The Balaban J connectivity index is 1.79. The number of carbonyl (C=O) groups is 1. The highest BCUT2D eigenvalue weighted by molar-refractivity contribution is 9.10. The van der Waals surface area contributed by atoms with Crippen LogP contribution < -0.4 is 5.32 Å². The molecule has 0 atom stereocenters. The van der Waals surface area contributed by atoms with Gasteiger partial charge in [-0.15, -0.1) is 0 Å². The van der Waals surface area contributed by atoms with Gasteiger partial charge in [-0.2, -0.15) is 0 Å². The predicted octanol–water partition coefficient (Wildman–Crippen LogP) is 5.11. The van der Waals surface area contributed by atoms with Crippen molar-refractivity contribution in [3.05, 3.63) is 69.7 Å². The molecule has 2 rings (SSSR count). The quantitative estimate of drug-likeness (QED) is 0.771. The van der Waals surface area contributed by atoms with E-state index in [0.717, 1.165) is 17.3 Å². The van der Waals surface area contributed by atoms with Gasteiger partial charge >= 0.3 is 6.09 Å². The zero-order chi connectivity index (χ0) is 17.6. The first-order valence-corrected chi connectivity index (χ1v) is 8.90. The number of amides is 1. The Hall–Kier alpha value is -1.81. The highest BCUT2D eigenvalue weighted by Crippen LogP contribution is 2.15. The summed E-state index contributed by atoms with van der Waals surface area (Å²) in [6, 6.07) is 16.9. The van der Waals surface area contributed by atoms with Crippen LogP contribution in [0.5, 0.6) is 0 Å². The smallest absolute Gasteiger partial charge is 0.407 e. The van der Waals surface area contributed by atoms with Gasteiger partial charge in [0.15, 0.2) is 0 Å². The molecule has 0 aliphatic heterocycles. The van der Waals surface area contributed by atoms with Crippen LogP contribution in [0.3, 0.4) is 0 Å². The molecule has 0 saturated heterocycles. The maximum absolute atomic E-state index is 11.6. The number of nitrogens with one attached hydrogen (secondary N) is 1. The molecule has 0 bridgehead atoms. The Morgan fingerprint density at radius 1 is 0.958 bits per heavy atom. The van der Waals surface area contributed by atoms with Crippen LogP contribution in [-0.2, 0) is 17.6 Å². The van der Waals surface area contributed by atoms with Crippen LogP contribution in [0.2, 0.25) is 0 Å². The summed E-state index contributed by atoms with van der Waals surface area (Å²) in [6.45, 7) is 6.14. The molecule has 0 saturated carbocycles. The first kappa shape index (κ1) is 18.5. The fourth-order valence-corrected chi connectivity index (χ4v) is 2.55. The minimum atomic E-state index is -0.460. The van der Waals surface area contributed by atoms with E-state index in [0.29, 0.717) is 6.54 Å². The number of ether oxygens (including phenoxy) is 1. The van der Waals surface area contributed by atoms with Crippen molar-refractivity contribution in [1.82, 2.24) is 5.32 Å². The second kappa shape index (κ2) is 8.34. The molecule has 0 aromatic heterocycles. The molecule has 2 aromatic rings. The molecular weight excluding hydrogens is 366 g/mol. The van der Waals surface area contributed by atoms with Gasteiger partial charge < -0.3 is 10.1 Å². The van der Waals surface area contributed by atoms with Gasteiger partial charge in [-0.1, -0.05) is 52.3 Å². The normalized spacial score (nSPS) is 11.2. The largest absolute Gasteiger partial charge is 0.444 e. The topological polar surface area (TPSA) is 38.3 Å². The van der Waals surface area contributed by atoms with Crippen LogP contribution in [0.15, 0.2) is 53.0 Å². The van der Waals surface area contributed by atoms with Gasteiger partial charge in [-0.3, -0.25) is 0 Å². The van der Waals surface area contributed by atoms with E-state index in [4.69, 9.17) is 4.74 Å². The summed E-state index contributed by atoms with van der Waals surface area (Å²) >= 11 is 3.45. The highest BCUT2D eigenvalue weighted by atomic mass is 79.9. The predicted molar refractivity (Wildman–Crippen MR) is 101 cm³/mol. The molecule has 2 aromatic carbocycles. The SMILES string of the molecule is CC(C)(C)OC(=O)NCCc1ccc(Cc2ccc(Br)cc2)cc1. The van der Waals surface area contributed by atoms with E-state index in [-0.39, 0.29) is 6.09 Å². The fraction of sp³-hybridized carbons (Fsp3) is 0.350. The Labute approximate surface area is 152 Å². The lowest BCUT2D eigenvalue weighted by atomic mass is 10.0. The van der Waals surface area contributed by atoms with Crippen molar-refractivity contribution >= 4 is 22.0 Å². The third-order valence-corrected chi connectivity index (χ3v) is 3.96. The minimum Gasteiger partial charge on any atom is -0.444 e. The molecule has 4 heteroatoms. The first-order chi connectivity index (χ1) is 11.3. The third-order valence-electron chi connectivity index (χ3n) is 3.43. The summed E-state index contributed by atoms with van der Waals surface area (Å²) in [7, 11) is 0. The number of benzene rings is 2. The van der Waals surface area contributed by atoms with E-state index in [1.54, 1.807) is 0 Å². The zero-order valence-corrected chi connectivity index (χ0v) is 16.0. The molecule has 0 unspecified atom stereocenters. The van der Waals surface area contributed by atoms with E-state index in [2.05, 4.69) is 69.8 Å². The van der Waals surface area contributed by atoms with Crippen LogP contribution in [0.4, 0.5) is 4.79 Å². The second-order valence-electron chi connectivity index (χ2n) is 6.80. The summed E-state index contributed by atoms with van der Waals surface area (Å²) < 4.78 is 6.31. The van der Waals surface area contributed by atoms with Crippen molar-refractivity contribution in [1.29, 1.82) is 0 Å². The molecule has 128 valence electrons. The van der Waals surface area contributed by atoms with Crippen molar-refractivity contribution in [3.63, 3.8) is 0 Å². The van der Waals surface area contributed by atoms with Crippen LogP contribution in [-0.4, -0.2) is 18.2 Å². The van der Waals surface area contributed by atoms with Crippen molar-refractivity contribution < 1.29 is 9.53 Å². The van der Waals surface area contributed by atoms with Gasteiger partial charge in [-0.25, -0.2) is 4.79 Å². The van der Waals surface area contributed by atoms with Gasteiger partial charge in [0.2, 0.25) is 0 Å². The minimum absolute atomic E-state index is 0.366. The molecule has 0 spiro atoms. The van der Waals surface area contributed by atoms with Crippen molar-refractivity contribution in [2.45, 2.75) is 39.2 Å². The molecule has 0 aliphatic carbocycles. The van der Waals surface area contributed by atoms with Gasteiger partial charge in [-0.05, 0) is 62.4 Å². The zero-order valence-electron chi connectivity index (χ0n) is 14.4. The number of hydrogen-bond donors (Lipinski definition) is 1. The monoisotopic (exact) mass is 389 g/mol. The second-order valence-corrected chi connectivity index (χ2v) is 7.71. The van der Waals surface area contributed by atoms with E-state index >= 15 is 0 Å². The summed E-state index contributed by atoms with van der Waals surface area (Å²) in [4.78, 5) is 11.6. The van der Waals surface area contributed by atoms with Crippen LogP contribution in [0.1, 0.15) is 37.5 Å². The molecule has 24 heavy (non-hydrogen) atoms. The first-order valence-electron chi connectivity index (χ1n) is 8.11. The maximum atomic E-state index is 11.6. The van der Waals surface area contributed by atoms with Crippen molar-refractivity contribution in [3.8, 4) is 0 Å². The lowest BCUT2D eigenvalue weighted by molar-refractivity contribution is 0.0528. The van der Waals surface area contributed by atoms with Gasteiger partial charge in [0.1, 0.15) is 5.60 Å². The average Bonchev–Trinajstić information content (AvgIpc) is 2.49. The van der Waals surface area contributed by atoms with E-state index < -0.39 is 5.60 Å². The Morgan fingerprint density at radius 3 is 2.00 bits per heavy atom. The molecule has 3 nitrogen and oxygen atoms in total. The Morgan fingerprint density at radius 2 is 1.46 bits per heavy atom. The summed E-state index contributed by atoms with van der Waals surface area (Å²) in [5.74, 6) is 0. The lowest BCUT2D eigenvalue weighted by Crippen LogP contribution is -2.33. The fourth-order valence-electron chi connectivity index (χ4n) is 2.28. The number of rotatable bonds is 5. The van der Waals surface area contributed by atoms with Gasteiger partial charge in [0, 0.05) is 11.0 Å². The maximum Gasteiger partial charge on any atom is 0.407 e. The summed E-state index contributed by atoms with van der Waals surface area (Å²) in [6.07, 6.45) is 1.34. The van der Waals surface area contributed by atoms with Crippen molar-refractivity contribution in [2.75, 3.05) is 6.54 Å². The number of alkyl carbamates (subject to hydrolysis) is 1. The lowest BCUT2D eigenvalue weighted by Gasteiger charge is -2.19. The van der Waals surface area contributed by atoms with Gasteiger partial charge in [0.25, 0.3) is 0 Å². The number of hydrogen-bond acceptors (Lipinski definition) is 2. The molecule has 0 aliphatic rings. The Bertz CT molecular complexity index is 658. The molecular formula is C20H24BrNO2. The number of carbonyl (C=O) groups excluding carboxylic acids is 1. The number of halogens is 1. The summed E-state index contributed by atoms with van der Waals surface area (Å²) in [5, 5.41) is 2.78. The van der Waals surface area contributed by atoms with Gasteiger partial charge in [0.05, 0.1) is 0 Å². The Kier molecular flexibility index (Phi) is 6.44. The third kappa shape index (κ3) is 6.75. The highest BCUT2D eigenvalue weighted by Gasteiger charge is 2.15. The molecule has 1 N–H and O–H groups in total. The van der Waals surface area contributed by atoms with E-state index in [1.807, 2.05) is 20.8 Å².